The second kappa shape index (κ2) is 20.8. The molecule has 5 aromatic rings. The summed E-state index contributed by atoms with van der Waals surface area (Å²) in [7, 11) is 1.92. The fourth-order valence-electron chi connectivity index (χ4n) is 8.84. The van der Waals surface area contributed by atoms with Gasteiger partial charge < -0.3 is 34.7 Å². The molecule has 2 aliphatic heterocycles. The van der Waals surface area contributed by atoms with E-state index in [9.17, 15) is 14.4 Å². The van der Waals surface area contributed by atoms with Crippen LogP contribution in [0.3, 0.4) is 0 Å². The highest BCUT2D eigenvalue weighted by Crippen LogP contribution is 2.40. The van der Waals surface area contributed by atoms with Gasteiger partial charge in [0, 0.05) is 82.5 Å². The Kier molecular flexibility index (Phi) is 14.4. The summed E-state index contributed by atoms with van der Waals surface area (Å²) >= 11 is 0. The van der Waals surface area contributed by atoms with Crippen LogP contribution in [0.5, 0.6) is 11.5 Å². The van der Waals surface area contributed by atoms with Crippen molar-refractivity contribution in [2.45, 2.75) is 57.0 Å². The van der Waals surface area contributed by atoms with Gasteiger partial charge >= 0.3 is 0 Å². The number of piperazine rings is 1. The Morgan fingerprint density at radius 3 is 2.29 bits per heavy atom. The maximum Gasteiger partial charge on any atom is 0.261 e. The summed E-state index contributed by atoms with van der Waals surface area (Å²) in [5.74, 6) is 1.30. The van der Waals surface area contributed by atoms with Crippen molar-refractivity contribution in [3.63, 3.8) is 0 Å². The summed E-state index contributed by atoms with van der Waals surface area (Å²) < 4.78 is 20.0. The number of fused-ring (bicyclic) bond motifs is 2. The quantitative estimate of drug-likeness (QED) is 0.0393. The van der Waals surface area contributed by atoms with Gasteiger partial charge in [0.05, 0.1) is 29.7 Å². The van der Waals surface area contributed by atoms with Gasteiger partial charge in [-0.15, -0.1) is 0 Å². The number of para-hydroxylation sites is 1. The fraction of sp³-hybridized carbons (Fsp3) is 0.426. The molecule has 15 heteroatoms. The van der Waals surface area contributed by atoms with Gasteiger partial charge in [-0.2, -0.15) is 0 Å². The summed E-state index contributed by atoms with van der Waals surface area (Å²) in [6.07, 6.45) is 11.4. The number of unbranched alkanes of at least 4 members (excludes halogenated alkanes) is 2. The molecule has 0 radical (unpaired) electrons. The van der Waals surface area contributed by atoms with Crippen LogP contribution in [0.25, 0.3) is 22.2 Å². The van der Waals surface area contributed by atoms with Crippen LogP contribution >= 0.6 is 0 Å². The monoisotopic (exact) mass is 843 g/mol. The van der Waals surface area contributed by atoms with Gasteiger partial charge in [0.25, 0.3) is 11.8 Å². The third-order valence-corrected chi connectivity index (χ3v) is 12.2. The van der Waals surface area contributed by atoms with Crippen LogP contribution < -0.4 is 26.0 Å². The second-order valence-corrected chi connectivity index (χ2v) is 16.1. The van der Waals surface area contributed by atoms with Gasteiger partial charge in [0.15, 0.2) is 0 Å². The number of rotatable bonds is 20. The minimum Gasteiger partial charge on any atom is -0.457 e. The molecular formula is C47H57N9O6. The van der Waals surface area contributed by atoms with Crippen molar-refractivity contribution in [3.8, 4) is 22.6 Å². The molecule has 3 amide bonds. The van der Waals surface area contributed by atoms with Crippen molar-refractivity contribution in [3.05, 3.63) is 96.4 Å². The summed E-state index contributed by atoms with van der Waals surface area (Å²) in [5, 5.41) is 12.3. The summed E-state index contributed by atoms with van der Waals surface area (Å²) in [4.78, 5) is 50.7. The number of benzene rings is 3. The van der Waals surface area contributed by atoms with E-state index in [1.165, 1.54) is 12.8 Å². The highest BCUT2D eigenvalue weighted by molar-refractivity contribution is 6.23. The average molecular weight is 844 g/mol. The van der Waals surface area contributed by atoms with Crippen molar-refractivity contribution >= 4 is 40.3 Å². The van der Waals surface area contributed by atoms with Crippen LogP contribution in [0.2, 0.25) is 0 Å². The number of hydrogen-bond donors (Lipinski definition) is 4. The first-order valence-electron chi connectivity index (χ1n) is 21.9. The molecule has 0 spiro atoms. The molecule has 62 heavy (non-hydrogen) atoms. The molecule has 1 saturated carbocycles. The first-order valence-corrected chi connectivity index (χ1v) is 21.9. The lowest BCUT2D eigenvalue weighted by atomic mass is 9.89. The first-order chi connectivity index (χ1) is 30.4. The molecule has 3 aromatic carbocycles. The molecule has 0 unspecified atom stereocenters. The van der Waals surface area contributed by atoms with E-state index in [0.717, 1.165) is 118 Å². The fourth-order valence-corrected chi connectivity index (χ4v) is 8.84. The number of nitrogens with one attached hydrogen (secondary N) is 4. The molecule has 8 rings (SSSR count). The highest BCUT2D eigenvalue weighted by Gasteiger charge is 2.31. The molecule has 2 fully saturated rings. The largest absolute Gasteiger partial charge is 0.457 e. The third-order valence-electron chi connectivity index (χ3n) is 12.2. The summed E-state index contributed by atoms with van der Waals surface area (Å²) in [6, 6.07) is 24.1. The molecule has 0 bridgehead atoms. The van der Waals surface area contributed by atoms with Gasteiger partial charge in [-0.3, -0.25) is 29.5 Å². The molecule has 1 saturated heterocycles. The molecule has 4 heterocycles. The molecule has 4 N–H and O–H groups in total. The standard InChI is InChI=1S/C47H57N9O6/c1-48-44-43-39(33-13-19-37(20-14-33)62-36-9-4-2-5-10-36)30-56(45(43)51-31-50-44)35-17-15-34(16-18-35)55-23-21-54(22-24-55)25-28-60-26-6-3-7-27-61-32-52-41(57)29-49-40-12-8-11-38-42(40)47(59)53-46(38)58/h2,4-5,8-14,19-20,30-31,34-35,49H,3,6-7,15-18,21-29,32H2,1H3,(H,52,57)(H,48,50,51)(H,53,58,59). The van der Waals surface area contributed by atoms with Gasteiger partial charge in [0.1, 0.15) is 36.0 Å². The predicted molar refractivity (Wildman–Crippen MR) is 239 cm³/mol. The second-order valence-electron chi connectivity index (χ2n) is 16.1. The highest BCUT2D eigenvalue weighted by atomic mass is 16.5. The average Bonchev–Trinajstić information content (AvgIpc) is 3.85. The van der Waals surface area contributed by atoms with E-state index in [-0.39, 0.29) is 24.7 Å². The number of anilines is 2. The lowest BCUT2D eigenvalue weighted by Crippen LogP contribution is -2.51. The molecule has 2 aromatic heterocycles. The number of imide groups is 1. The third kappa shape index (κ3) is 10.4. The van der Waals surface area contributed by atoms with Gasteiger partial charge in [-0.05, 0) is 86.9 Å². The normalized spacial score (nSPS) is 18.1. The molecule has 0 atom stereocenters. The van der Waals surface area contributed by atoms with Crippen LogP contribution in [-0.2, 0) is 14.3 Å². The topological polar surface area (TPSA) is 164 Å². The minimum atomic E-state index is -0.463. The van der Waals surface area contributed by atoms with Gasteiger partial charge in [-0.1, -0.05) is 36.4 Å². The van der Waals surface area contributed by atoms with E-state index < -0.39 is 11.8 Å². The van der Waals surface area contributed by atoms with E-state index in [4.69, 9.17) is 19.2 Å². The first kappa shape index (κ1) is 42.8. The Balaban J connectivity index is 0.688. The van der Waals surface area contributed by atoms with Crippen molar-refractivity contribution in [2.75, 3.05) is 83.5 Å². The predicted octanol–water partition coefficient (Wildman–Crippen LogP) is 6.31. The van der Waals surface area contributed by atoms with Crippen LogP contribution in [0.15, 0.2) is 85.3 Å². The maximum absolute atomic E-state index is 12.2. The van der Waals surface area contributed by atoms with E-state index in [1.54, 1.807) is 24.5 Å². The number of amides is 3. The van der Waals surface area contributed by atoms with E-state index in [0.29, 0.717) is 29.9 Å². The SMILES string of the molecule is CNc1ncnc2c1c(-c1ccc(Oc3ccccc3)cc1)cn2C1CCC(N2CCN(CCOCCCCCOCNC(=O)CNc3cccc4c3C(=O)NC4=O)CC2)CC1. The Hall–Kier alpha value is -5.87. The zero-order valence-corrected chi connectivity index (χ0v) is 35.4. The molecule has 15 nitrogen and oxygen atoms in total. The summed E-state index contributed by atoms with van der Waals surface area (Å²) in [6.45, 7) is 7.40. The van der Waals surface area contributed by atoms with Crippen LogP contribution in [0, 0.1) is 0 Å². The Labute approximate surface area is 362 Å². The van der Waals surface area contributed by atoms with Crippen LogP contribution in [-0.4, -0.2) is 121 Å². The van der Waals surface area contributed by atoms with Crippen LogP contribution in [0.1, 0.15) is 71.7 Å². The number of hydrogen-bond acceptors (Lipinski definition) is 12. The smallest absolute Gasteiger partial charge is 0.261 e. The zero-order chi connectivity index (χ0) is 42.7. The van der Waals surface area contributed by atoms with E-state index in [2.05, 4.69) is 58.9 Å². The molecule has 1 aliphatic carbocycles. The lowest BCUT2D eigenvalue weighted by Gasteiger charge is -2.42. The minimum absolute atomic E-state index is 0.0379. The van der Waals surface area contributed by atoms with Crippen molar-refractivity contribution < 1.29 is 28.6 Å². The van der Waals surface area contributed by atoms with Gasteiger partial charge in [0.2, 0.25) is 5.91 Å². The molecule has 3 aliphatic rings. The Morgan fingerprint density at radius 1 is 0.774 bits per heavy atom. The van der Waals surface area contributed by atoms with Crippen molar-refractivity contribution in [1.82, 2.24) is 35.0 Å². The molecule has 326 valence electrons. The molecular weight excluding hydrogens is 787 g/mol. The number of aromatic nitrogens is 3. The lowest BCUT2D eigenvalue weighted by molar-refractivity contribution is -0.121. The van der Waals surface area contributed by atoms with E-state index in [1.807, 2.05) is 49.5 Å². The van der Waals surface area contributed by atoms with Crippen LogP contribution in [0.4, 0.5) is 11.5 Å². The van der Waals surface area contributed by atoms with Crippen molar-refractivity contribution in [1.29, 1.82) is 0 Å². The Morgan fingerprint density at radius 2 is 1.52 bits per heavy atom. The number of carbonyl (C=O) groups is 3. The maximum atomic E-state index is 12.2. The number of carbonyl (C=O) groups excluding carboxylic acids is 3. The van der Waals surface area contributed by atoms with Crippen molar-refractivity contribution in [2.24, 2.45) is 0 Å². The van der Waals surface area contributed by atoms with E-state index >= 15 is 0 Å². The van der Waals surface area contributed by atoms with Gasteiger partial charge in [-0.25, -0.2) is 9.97 Å². The number of ether oxygens (including phenoxy) is 3. The Bertz CT molecular complexity index is 2290. The zero-order valence-electron chi connectivity index (χ0n) is 35.4. The summed E-state index contributed by atoms with van der Waals surface area (Å²) in [5.41, 5.74) is 4.24. The number of nitrogens with zero attached hydrogens (tertiary/aromatic N) is 5.